The Morgan fingerprint density at radius 2 is 1.86 bits per heavy atom. The zero-order valence-corrected chi connectivity index (χ0v) is 15.9. The van der Waals surface area contributed by atoms with E-state index in [0.29, 0.717) is 16.9 Å². The molecule has 0 bridgehead atoms. The molecular formula is C22H18N4O3. The predicted octanol–water partition coefficient (Wildman–Crippen LogP) is 4.55. The molecule has 1 N–H and O–H groups in total. The van der Waals surface area contributed by atoms with Gasteiger partial charge in [0.15, 0.2) is 0 Å². The average Bonchev–Trinajstić information content (AvgIpc) is 2.99. The molecule has 29 heavy (non-hydrogen) atoms. The van der Waals surface area contributed by atoms with Crippen LogP contribution in [0.15, 0.2) is 66.2 Å². The van der Waals surface area contributed by atoms with Gasteiger partial charge in [0.1, 0.15) is 11.6 Å². The highest BCUT2D eigenvalue weighted by molar-refractivity contribution is 6.09. The number of nitriles is 1. The number of hydrogen-bond donors (Lipinski definition) is 1. The number of nitro benzene ring substituents is 1. The molecule has 0 saturated heterocycles. The smallest absolute Gasteiger partial charge is 0.271 e. The Morgan fingerprint density at radius 1 is 1.14 bits per heavy atom. The third kappa shape index (κ3) is 4.22. The summed E-state index contributed by atoms with van der Waals surface area (Å²) in [6, 6.07) is 19.0. The van der Waals surface area contributed by atoms with Crippen molar-refractivity contribution in [2.75, 3.05) is 5.32 Å². The molecule has 1 heterocycles. The maximum Gasteiger partial charge on any atom is 0.271 e. The number of carbonyl (C=O) groups excluding carboxylic acids is 1. The minimum atomic E-state index is -0.501. The van der Waals surface area contributed by atoms with Crippen LogP contribution in [0, 0.1) is 35.3 Å². The summed E-state index contributed by atoms with van der Waals surface area (Å²) in [5, 5.41) is 23.2. The third-order valence-corrected chi connectivity index (χ3v) is 4.47. The number of nitrogens with zero attached hydrogens (tertiary/aromatic N) is 3. The fourth-order valence-electron chi connectivity index (χ4n) is 3.10. The fourth-order valence-corrected chi connectivity index (χ4v) is 3.10. The molecule has 0 aliphatic heterocycles. The maximum atomic E-state index is 12.5. The summed E-state index contributed by atoms with van der Waals surface area (Å²) in [5.74, 6) is -0.501. The van der Waals surface area contributed by atoms with Gasteiger partial charge < -0.3 is 9.88 Å². The van der Waals surface area contributed by atoms with Crippen LogP contribution in [0.1, 0.15) is 17.0 Å². The number of aromatic nitrogens is 1. The Hall–Kier alpha value is -4.18. The molecule has 0 radical (unpaired) electrons. The van der Waals surface area contributed by atoms with Crippen LogP contribution in [0.3, 0.4) is 0 Å². The first-order chi connectivity index (χ1) is 13.9. The van der Waals surface area contributed by atoms with E-state index in [0.717, 1.165) is 11.4 Å². The number of amides is 1. The molecule has 3 aromatic rings. The number of aryl methyl sites for hydroxylation is 1. The van der Waals surface area contributed by atoms with Crippen molar-refractivity contribution in [3.8, 4) is 11.8 Å². The molecule has 1 aromatic heterocycles. The molecule has 2 aromatic carbocycles. The fraction of sp³-hybridized carbons (Fsp3) is 0.0909. The number of carbonyl (C=O) groups is 1. The highest BCUT2D eigenvalue weighted by Gasteiger charge is 2.15. The Balaban J connectivity index is 1.96. The second kappa shape index (κ2) is 8.23. The van der Waals surface area contributed by atoms with Gasteiger partial charge in [-0.15, -0.1) is 0 Å². The molecule has 144 valence electrons. The summed E-state index contributed by atoms with van der Waals surface area (Å²) in [5.41, 5.74) is 3.48. The lowest BCUT2D eigenvalue weighted by Crippen LogP contribution is -2.13. The highest BCUT2D eigenvalue weighted by Crippen LogP contribution is 2.25. The van der Waals surface area contributed by atoms with Crippen LogP contribution in [-0.4, -0.2) is 15.4 Å². The molecular weight excluding hydrogens is 368 g/mol. The second-order valence-corrected chi connectivity index (χ2v) is 6.43. The van der Waals surface area contributed by atoms with Crippen LogP contribution in [0.25, 0.3) is 11.8 Å². The summed E-state index contributed by atoms with van der Waals surface area (Å²) in [6.07, 6.45) is 1.52. The molecule has 7 heteroatoms. The van der Waals surface area contributed by atoms with Crippen molar-refractivity contribution >= 4 is 23.4 Å². The molecule has 1 amide bonds. The number of benzene rings is 2. The van der Waals surface area contributed by atoms with E-state index in [1.54, 1.807) is 36.4 Å². The first-order valence-corrected chi connectivity index (χ1v) is 8.82. The number of anilines is 1. The van der Waals surface area contributed by atoms with Crippen LogP contribution in [0.4, 0.5) is 11.4 Å². The monoisotopic (exact) mass is 386 g/mol. The van der Waals surface area contributed by atoms with Gasteiger partial charge in [0.2, 0.25) is 0 Å². The average molecular weight is 386 g/mol. The van der Waals surface area contributed by atoms with Gasteiger partial charge in [0, 0.05) is 29.2 Å². The van der Waals surface area contributed by atoms with E-state index >= 15 is 0 Å². The Bertz CT molecular complexity index is 1150. The molecule has 0 fully saturated rings. The van der Waals surface area contributed by atoms with E-state index in [4.69, 9.17) is 0 Å². The molecule has 0 spiro atoms. The minimum absolute atomic E-state index is 0.00737. The quantitative estimate of drug-likeness (QED) is 0.301. The molecule has 0 atom stereocenters. The number of non-ortho nitro benzene ring substituents is 1. The van der Waals surface area contributed by atoms with Crippen molar-refractivity contribution in [3.05, 3.63) is 93.3 Å². The van der Waals surface area contributed by atoms with E-state index in [-0.39, 0.29) is 11.3 Å². The minimum Gasteiger partial charge on any atom is -0.321 e. The van der Waals surface area contributed by atoms with Crippen molar-refractivity contribution in [1.82, 2.24) is 4.57 Å². The highest BCUT2D eigenvalue weighted by atomic mass is 16.6. The standard InChI is InChI=1S/C22H18N4O3/c1-15-11-17(12-18(14-23)22(27)24-19-7-4-3-5-8-19)16(2)25(15)20-9-6-10-21(13-20)26(28)29/h3-13H,1-2H3,(H,24,27). The van der Waals surface area contributed by atoms with Crippen molar-refractivity contribution in [3.63, 3.8) is 0 Å². The predicted molar refractivity (Wildman–Crippen MR) is 111 cm³/mol. The van der Waals surface area contributed by atoms with Gasteiger partial charge in [-0.25, -0.2) is 0 Å². The largest absolute Gasteiger partial charge is 0.321 e. The lowest BCUT2D eigenvalue weighted by atomic mass is 10.1. The molecule has 0 saturated carbocycles. The molecule has 0 aliphatic rings. The molecule has 7 nitrogen and oxygen atoms in total. The Morgan fingerprint density at radius 3 is 2.52 bits per heavy atom. The van der Waals surface area contributed by atoms with Crippen LogP contribution < -0.4 is 5.32 Å². The van der Waals surface area contributed by atoms with E-state index in [1.165, 1.54) is 18.2 Å². The van der Waals surface area contributed by atoms with Gasteiger partial charge in [-0.2, -0.15) is 5.26 Å². The summed E-state index contributed by atoms with van der Waals surface area (Å²) in [4.78, 5) is 23.1. The van der Waals surface area contributed by atoms with E-state index < -0.39 is 10.8 Å². The normalized spacial score (nSPS) is 11.0. The van der Waals surface area contributed by atoms with Gasteiger partial charge in [-0.05, 0) is 49.8 Å². The zero-order chi connectivity index (χ0) is 21.0. The van der Waals surface area contributed by atoms with Gasteiger partial charge >= 0.3 is 0 Å². The third-order valence-electron chi connectivity index (χ3n) is 4.47. The summed E-state index contributed by atoms with van der Waals surface area (Å²) in [6.45, 7) is 3.70. The van der Waals surface area contributed by atoms with Crippen molar-refractivity contribution in [2.24, 2.45) is 0 Å². The number of nitrogens with one attached hydrogen (secondary N) is 1. The number of rotatable bonds is 5. The van der Waals surface area contributed by atoms with E-state index in [9.17, 15) is 20.2 Å². The lowest BCUT2D eigenvalue weighted by molar-refractivity contribution is -0.384. The van der Waals surface area contributed by atoms with Crippen LogP contribution in [0.5, 0.6) is 0 Å². The second-order valence-electron chi connectivity index (χ2n) is 6.43. The van der Waals surface area contributed by atoms with Gasteiger partial charge in [0.25, 0.3) is 11.6 Å². The number of nitro groups is 1. The number of hydrogen-bond acceptors (Lipinski definition) is 4. The molecule has 3 rings (SSSR count). The van der Waals surface area contributed by atoms with Crippen LogP contribution in [-0.2, 0) is 4.79 Å². The zero-order valence-electron chi connectivity index (χ0n) is 15.9. The van der Waals surface area contributed by atoms with Gasteiger partial charge in [-0.1, -0.05) is 24.3 Å². The van der Waals surface area contributed by atoms with Gasteiger partial charge in [-0.3, -0.25) is 14.9 Å². The topological polar surface area (TPSA) is 101 Å². The first-order valence-electron chi connectivity index (χ1n) is 8.82. The van der Waals surface area contributed by atoms with Crippen molar-refractivity contribution < 1.29 is 9.72 Å². The summed E-state index contributed by atoms with van der Waals surface area (Å²) >= 11 is 0. The Kier molecular flexibility index (Phi) is 5.56. The van der Waals surface area contributed by atoms with E-state index in [1.807, 2.05) is 36.6 Å². The number of para-hydroxylation sites is 1. The van der Waals surface area contributed by atoms with Gasteiger partial charge in [0.05, 0.1) is 10.6 Å². The molecule has 0 aliphatic carbocycles. The Labute approximate surface area is 167 Å². The van der Waals surface area contributed by atoms with Crippen molar-refractivity contribution in [1.29, 1.82) is 5.26 Å². The lowest BCUT2D eigenvalue weighted by Gasteiger charge is -2.09. The van der Waals surface area contributed by atoms with Crippen LogP contribution in [0.2, 0.25) is 0 Å². The van der Waals surface area contributed by atoms with E-state index in [2.05, 4.69) is 5.32 Å². The van der Waals surface area contributed by atoms with Crippen molar-refractivity contribution in [2.45, 2.75) is 13.8 Å². The SMILES string of the molecule is Cc1cc(C=C(C#N)C(=O)Nc2ccccc2)c(C)n1-c1cccc([N+](=O)[O-])c1. The summed E-state index contributed by atoms with van der Waals surface area (Å²) < 4.78 is 1.85. The molecule has 0 unspecified atom stereocenters. The van der Waals surface area contributed by atoms with Crippen LogP contribution >= 0.6 is 0 Å². The maximum absolute atomic E-state index is 12.5. The first kappa shape index (κ1) is 19.6. The summed E-state index contributed by atoms with van der Waals surface area (Å²) in [7, 11) is 0.